The van der Waals surface area contributed by atoms with E-state index in [0.717, 1.165) is 12.1 Å². The molecule has 2 heterocycles. The molecular formula is C12H15N3O3S. The van der Waals surface area contributed by atoms with Gasteiger partial charge in [0.1, 0.15) is 11.5 Å². The van der Waals surface area contributed by atoms with Crippen LogP contribution in [0.25, 0.3) is 0 Å². The van der Waals surface area contributed by atoms with Gasteiger partial charge in [0, 0.05) is 5.69 Å². The highest BCUT2D eigenvalue weighted by molar-refractivity contribution is 7.92. The van der Waals surface area contributed by atoms with E-state index in [9.17, 15) is 8.42 Å². The molecule has 0 saturated carbocycles. The number of aromatic nitrogens is 2. The van der Waals surface area contributed by atoms with Gasteiger partial charge in [-0.1, -0.05) is 18.1 Å². The van der Waals surface area contributed by atoms with Gasteiger partial charge in [0.2, 0.25) is 0 Å². The third-order valence-corrected chi connectivity index (χ3v) is 4.24. The van der Waals surface area contributed by atoms with Crippen molar-refractivity contribution in [1.82, 2.24) is 10.1 Å². The lowest BCUT2D eigenvalue weighted by atomic mass is 10.3. The van der Waals surface area contributed by atoms with Gasteiger partial charge in [-0.3, -0.25) is 4.72 Å². The molecule has 0 radical (unpaired) electrons. The molecule has 1 N–H and O–H groups in total. The highest BCUT2D eigenvalue weighted by Crippen LogP contribution is 2.21. The zero-order valence-electron chi connectivity index (χ0n) is 11.0. The van der Waals surface area contributed by atoms with Crippen LogP contribution in [-0.4, -0.2) is 18.6 Å². The van der Waals surface area contributed by atoms with Gasteiger partial charge in [0.05, 0.1) is 0 Å². The van der Waals surface area contributed by atoms with E-state index in [1.807, 2.05) is 13.0 Å². The number of rotatable bonds is 4. The molecule has 6 nitrogen and oxygen atoms in total. The van der Waals surface area contributed by atoms with Crippen molar-refractivity contribution < 1.29 is 12.9 Å². The van der Waals surface area contributed by atoms with Crippen molar-refractivity contribution in [1.29, 1.82) is 0 Å². The maximum atomic E-state index is 12.3. The van der Waals surface area contributed by atoms with E-state index in [1.54, 1.807) is 26.0 Å². The molecule has 2 aromatic rings. The van der Waals surface area contributed by atoms with Crippen molar-refractivity contribution in [3.63, 3.8) is 0 Å². The van der Waals surface area contributed by atoms with Crippen LogP contribution >= 0.6 is 0 Å². The lowest BCUT2D eigenvalue weighted by Crippen LogP contribution is -2.15. The van der Waals surface area contributed by atoms with E-state index in [4.69, 9.17) is 4.52 Å². The Hall–Kier alpha value is -1.89. The number of hydrogen-bond acceptors (Lipinski definition) is 5. The van der Waals surface area contributed by atoms with Crippen molar-refractivity contribution in [3.05, 3.63) is 35.3 Å². The Kier molecular flexibility index (Phi) is 3.57. The van der Waals surface area contributed by atoms with Crippen molar-refractivity contribution in [2.24, 2.45) is 0 Å². The van der Waals surface area contributed by atoms with Crippen LogP contribution in [0.1, 0.15) is 24.1 Å². The van der Waals surface area contributed by atoms with Crippen LogP contribution in [0.3, 0.4) is 0 Å². The predicted molar refractivity (Wildman–Crippen MR) is 70.4 cm³/mol. The van der Waals surface area contributed by atoms with Gasteiger partial charge in [0.25, 0.3) is 10.0 Å². The number of anilines is 1. The lowest BCUT2D eigenvalue weighted by molar-refractivity contribution is 0.390. The summed E-state index contributed by atoms with van der Waals surface area (Å²) in [6.07, 6.45) is 0.737. The maximum Gasteiger partial charge on any atom is 0.268 e. The third-order valence-electron chi connectivity index (χ3n) is 2.64. The molecule has 0 atom stereocenters. The van der Waals surface area contributed by atoms with E-state index < -0.39 is 10.0 Å². The molecule has 19 heavy (non-hydrogen) atoms. The molecule has 0 aliphatic heterocycles. The lowest BCUT2D eigenvalue weighted by Gasteiger charge is -2.07. The van der Waals surface area contributed by atoms with Crippen molar-refractivity contribution in [2.75, 3.05) is 4.72 Å². The van der Waals surface area contributed by atoms with Gasteiger partial charge in [-0.25, -0.2) is 13.4 Å². The Morgan fingerprint density at radius 2 is 2.05 bits per heavy atom. The Morgan fingerprint density at radius 1 is 1.32 bits per heavy atom. The Balaban J connectivity index is 2.36. The monoisotopic (exact) mass is 281 g/mol. The van der Waals surface area contributed by atoms with Gasteiger partial charge in [-0.2, -0.15) is 0 Å². The van der Waals surface area contributed by atoms with Crippen molar-refractivity contribution in [3.8, 4) is 0 Å². The van der Waals surface area contributed by atoms with E-state index in [0.29, 0.717) is 11.5 Å². The largest absolute Gasteiger partial charge is 0.360 e. The second-order valence-corrected chi connectivity index (χ2v) is 5.75. The average molecular weight is 281 g/mol. The van der Waals surface area contributed by atoms with Crippen LogP contribution in [0.5, 0.6) is 0 Å². The molecule has 7 heteroatoms. The number of nitrogens with one attached hydrogen (secondary N) is 1. The smallest absolute Gasteiger partial charge is 0.268 e. The van der Waals surface area contributed by atoms with Crippen LogP contribution < -0.4 is 4.72 Å². The quantitative estimate of drug-likeness (QED) is 0.927. The number of sulfonamides is 1. The number of nitrogens with zero attached hydrogens (tertiary/aromatic N) is 2. The summed E-state index contributed by atoms with van der Waals surface area (Å²) in [5, 5.41) is 3.64. The molecule has 102 valence electrons. The fraction of sp³-hybridized carbons (Fsp3) is 0.333. The topological polar surface area (TPSA) is 85.1 Å². The maximum absolute atomic E-state index is 12.3. The number of pyridine rings is 1. The van der Waals surface area contributed by atoms with E-state index in [2.05, 4.69) is 14.9 Å². The summed E-state index contributed by atoms with van der Waals surface area (Å²) < 4.78 is 31.8. The first-order chi connectivity index (χ1) is 8.94. The van der Waals surface area contributed by atoms with Crippen molar-refractivity contribution in [2.45, 2.75) is 32.1 Å². The van der Waals surface area contributed by atoms with Crippen LogP contribution in [0.15, 0.2) is 27.6 Å². The SMILES string of the molecule is CCc1cccc(NS(=O)(=O)c2c(C)noc2C)n1. The van der Waals surface area contributed by atoms with Gasteiger partial charge >= 0.3 is 0 Å². The first-order valence-electron chi connectivity index (χ1n) is 5.85. The minimum absolute atomic E-state index is 0.0659. The van der Waals surface area contributed by atoms with Gasteiger partial charge in [-0.15, -0.1) is 0 Å². The molecule has 0 amide bonds. The molecule has 0 aromatic carbocycles. The summed E-state index contributed by atoms with van der Waals surface area (Å²) in [5.74, 6) is 0.552. The Labute approximate surface area is 111 Å². The summed E-state index contributed by atoms with van der Waals surface area (Å²) in [5.41, 5.74) is 1.15. The second kappa shape index (κ2) is 5.00. The fourth-order valence-corrected chi connectivity index (χ4v) is 3.11. The van der Waals surface area contributed by atoms with Crippen LogP contribution in [0.4, 0.5) is 5.82 Å². The summed E-state index contributed by atoms with van der Waals surface area (Å²) >= 11 is 0. The molecule has 0 bridgehead atoms. The Morgan fingerprint density at radius 3 is 2.63 bits per heavy atom. The van der Waals surface area contributed by atoms with Gasteiger partial charge in [-0.05, 0) is 32.4 Å². The minimum Gasteiger partial charge on any atom is -0.360 e. The summed E-state index contributed by atoms with van der Waals surface area (Å²) in [7, 11) is -3.73. The highest BCUT2D eigenvalue weighted by Gasteiger charge is 2.24. The molecule has 0 unspecified atom stereocenters. The first kappa shape index (κ1) is 13.5. The zero-order chi connectivity index (χ0) is 14.0. The molecule has 2 aromatic heterocycles. The van der Waals surface area contributed by atoms with Crippen LogP contribution in [-0.2, 0) is 16.4 Å². The molecule has 0 spiro atoms. The minimum atomic E-state index is -3.73. The van der Waals surface area contributed by atoms with Gasteiger partial charge < -0.3 is 4.52 Å². The van der Waals surface area contributed by atoms with E-state index in [1.165, 1.54) is 0 Å². The average Bonchev–Trinajstić information content (AvgIpc) is 2.69. The predicted octanol–water partition coefficient (Wildman–Crippen LogP) is 2.05. The molecule has 0 aliphatic rings. The molecule has 0 aliphatic carbocycles. The summed E-state index contributed by atoms with van der Waals surface area (Å²) in [6.45, 7) is 5.10. The van der Waals surface area contributed by atoms with E-state index >= 15 is 0 Å². The number of hydrogen-bond donors (Lipinski definition) is 1. The zero-order valence-corrected chi connectivity index (χ0v) is 11.8. The summed E-state index contributed by atoms with van der Waals surface area (Å²) in [6, 6.07) is 5.21. The van der Waals surface area contributed by atoms with Crippen LogP contribution in [0.2, 0.25) is 0 Å². The van der Waals surface area contributed by atoms with Crippen LogP contribution in [0, 0.1) is 13.8 Å². The number of aryl methyl sites for hydroxylation is 3. The van der Waals surface area contributed by atoms with E-state index in [-0.39, 0.29) is 10.7 Å². The normalized spacial score (nSPS) is 11.5. The summed E-state index contributed by atoms with van der Waals surface area (Å²) in [4.78, 5) is 4.27. The van der Waals surface area contributed by atoms with Gasteiger partial charge in [0.15, 0.2) is 10.7 Å². The molecule has 2 rings (SSSR count). The second-order valence-electron chi connectivity index (χ2n) is 4.13. The molecular weight excluding hydrogens is 266 g/mol. The Bertz CT molecular complexity index is 672. The molecule has 0 saturated heterocycles. The fourth-order valence-electron chi connectivity index (χ4n) is 1.78. The molecule has 0 fully saturated rings. The third kappa shape index (κ3) is 2.76. The highest BCUT2D eigenvalue weighted by atomic mass is 32.2. The standard InChI is InChI=1S/C12H15N3O3S/c1-4-10-6-5-7-11(13-10)15-19(16,17)12-8(2)14-18-9(12)3/h5-7H,4H2,1-3H3,(H,13,15). The first-order valence-corrected chi connectivity index (χ1v) is 7.34. The van der Waals surface area contributed by atoms with Crippen molar-refractivity contribution >= 4 is 15.8 Å².